The predicted molar refractivity (Wildman–Crippen MR) is 77.5 cm³/mol. The van der Waals surface area contributed by atoms with E-state index in [1.54, 1.807) is 24.3 Å². The molecule has 0 fully saturated rings. The van der Waals surface area contributed by atoms with Gasteiger partial charge in [0.25, 0.3) is 0 Å². The molecule has 0 heterocycles. The second-order valence-corrected chi connectivity index (χ2v) is 4.97. The lowest BCUT2D eigenvalue weighted by molar-refractivity contribution is 0.194. The van der Waals surface area contributed by atoms with Crippen LogP contribution in [0.5, 0.6) is 5.75 Å². The molecule has 0 aliphatic carbocycles. The highest BCUT2D eigenvalue weighted by molar-refractivity contribution is 6.31. The number of aliphatic hydroxyl groups excluding tert-OH is 1. The largest absolute Gasteiger partial charge is 0.489 e. The van der Waals surface area contributed by atoms with E-state index in [0.717, 1.165) is 0 Å². The van der Waals surface area contributed by atoms with Crippen LogP contribution in [-0.4, -0.2) is 5.11 Å². The normalized spacial score (nSPS) is 11.8. The van der Waals surface area contributed by atoms with E-state index in [0.29, 0.717) is 21.9 Å². The Kier molecular flexibility index (Phi) is 4.79. The fraction of sp³-hybridized carbons (Fsp3) is 0.188. The summed E-state index contributed by atoms with van der Waals surface area (Å²) in [4.78, 5) is 0. The molecular weight excluding hydrogens is 293 g/mol. The molecule has 0 unspecified atom stereocenters. The maximum absolute atomic E-state index is 13.7. The Morgan fingerprint density at radius 3 is 2.67 bits per heavy atom. The molecule has 2 rings (SSSR count). The number of aliphatic hydroxyl groups is 1. The van der Waals surface area contributed by atoms with Crippen LogP contribution in [0.15, 0.2) is 36.4 Å². The van der Waals surface area contributed by atoms with Crippen LogP contribution < -0.4 is 4.74 Å². The average Bonchev–Trinajstić information content (AvgIpc) is 2.45. The quantitative estimate of drug-likeness (QED) is 0.929. The van der Waals surface area contributed by atoms with Crippen molar-refractivity contribution in [2.45, 2.75) is 19.6 Å². The van der Waals surface area contributed by atoms with Crippen molar-refractivity contribution in [1.29, 1.82) is 5.26 Å². The van der Waals surface area contributed by atoms with E-state index in [1.807, 2.05) is 6.07 Å². The van der Waals surface area contributed by atoms with Gasteiger partial charge in [0.15, 0.2) is 0 Å². The molecule has 0 aromatic heterocycles. The number of nitrogens with zero attached hydrogens (tertiary/aromatic N) is 1. The molecule has 0 saturated carbocycles. The first-order valence-electron chi connectivity index (χ1n) is 6.30. The highest BCUT2D eigenvalue weighted by atomic mass is 35.5. The summed E-state index contributed by atoms with van der Waals surface area (Å²) in [7, 11) is 0. The maximum Gasteiger partial charge on any atom is 0.132 e. The van der Waals surface area contributed by atoms with E-state index in [-0.39, 0.29) is 12.2 Å². The van der Waals surface area contributed by atoms with Crippen LogP contribution >= 0.6 is 11.6 Å². The summed E-state index contributed by atoms with van der Waals surface area (Å²) >= 11 is 6.03. The summed E-state index contributed by atoms with van der Waals surface area (Å²) in [5.41, 5.74) is 1.39. The van der Waals surface area contributed by atoms with E-state index in [9.17, 15) is 9.50 Å². The first-order valence-corrected chi connectivity index (χ1v) is 6.68. The molecular formula is C16H13ClFNO2. The summed E-state index contributed by atoms with van der Waals surface area (Å²) in [6.07, 6.45) is -0.868. The van der Waals surface area contributed by atoms with Gasteiger partial charge in [0, 0.05) is 22.2 Å². The summed E-state index contributed by atoms with van der Waals surface area (Å²) < 4.78 is 19.2. The number of nitriles is 1. The summed E-state index contributed by atoms with van der Waals surface area (Å²) in [5.74, 6) is -0.175. The van der Waals surface area contributed by atoms with Crippen LogP contribution in [0.1, 0.15) is 29.7 Å². The molecule has 1 atom stereocenters. The first kappa shape index (κ1) is 15.3. The second kappa shape index (κ2) is 6.57. The van der Waals surface area contributed by atoms with Gasteiger partial charge in [0.1, 0.15) is 18.2 Å². The van der Waals surface area contributed by atoms with Crippen molar-refractivity contribution < 1.29 is 14.2 Å². The number of ether oxygens (including phenoxy) is 1. The lowest BCUT2D eigenvalue weighted by atomic mass is 10.1. The standard InChI is InChI=1S/C16H13ClFNO2/c1-10(20)14-5-4-13(7-16(14)18)21-9-12-3-2-11(8-19)6-15(12)17/h2-7,10,20H,9H2,1H3/t10-/m1/s1. The van der Waals surface area contributed by atoms with Gasteiger partial charge in [-0.2, -0.15) is 5.26 Å². The van der Waals surface area contributed by atoms with Gasteiger partial charge >= 0.3 is 0 Å². The number of hydrogen-bond donors (Lipinski definition) is 1. The predicted octanol–water partition coefficient (Wildman–Crippen LogP) is 3.98. The molecule has 0 radical (unpaired) electrons. The fourth-order valence-corrected chi connectivity index (χ4v) is 2.07. The Balaban J connectivity index is 2.10. The van der Waals surface area contributed by atoms with Crippen LogP contribution in [0, 0.1) is 17.1 Å². The smallest absolute Gasteiger partial charge is 0.132 e. The topological polar surface area (TPSA) is 53.2 Å². The second-order valence-electron chi connectivity index (χ2n) is 4.57. The van der Waals surface area contributed by atoms with Crippen LogP contribution in [0.25, 0.3) is 0 Å². The van der Waals surface area contributed by atoms with Crippen molar-refractivity contribution in [3.8, 4) is 11.8 Å². The molecule has 0 spiro atoms. The van der Waals surface area contributed by atoms with Crippen molar-refractivity contribution in [2.24, 2.45) is 0 Å². The maximum atomic E-state index is 13.7. The Morgan fingerprint density at radius 1 is 1.33 bits per heavy atom. The van der Waals surface area contributed by atoms with Crippen LogP contribution in [0.3, 0.4) is 0 Å². The molecule has 108 valence electrons. The summed E-state index contributed by atoms with van der Waals surface area (Å²) in [6.45, 7) is 1.66. The van der Waals surface area contributed by atoms with Crippen molar-refractivity contribution in [3.63, 3.8) is 0 Å². The Morgan fingerprint density at radius 2 is 2.10 bits per heavy atom. The molecule has 0 bridgehead atoms. The number of benzene rings is 2. The summed E-state index contributed by atoms with van der Waals surface area (Å²) in [5, 5.41) is 18.6. The van der Waals surface area contributed by atoms with E-state index in [2.05, 4.69) is 0 Å². The molecule has 0 aliphatic heterocycles. The lowest BCUT2D eigenvalue weighted by Gasteiger charge is -2.11. The summed E-state index contributed by atoms with van der Waals surface area (Å²) in [6, 6.07) is 11.2. The molecule has 0 saturated heterocycles. The Bertz CT molecular complexity index is 695. The molecule has 5 heteroatoms. The monoisotopic (exact) mass is 305 g/mol. The minimum Gasteiger partial charge on any atom is -0.489 e. The van der Waals surface area contributed by atoms with E-state index >= 15 is 0 Å². The van der Waals surface area contributed by atoms with Gasteiger partial charge in [-0.1, -0.05) is 17.7 Å². The Labute approximate surface area is 127 Å². The van der Waals surface area contributed by atoms with E-state index < -0.39 is 11.9 Å². The minimum atomic E-state index is -0.868. The molecule has 0 amide bonds. The SMILES string of the molecule is C[C@@H](O)c1ccc(OCc2ccc(C#N)cc2Cl)cc1F. The third-order valence-electron chi connectivity index (χ3n) is 3.00. The van der Waals surface area contributed by atoms with E-state index in [4.69, 9.17) is 21.6 Å². The minimum absolute atomic E-state index is 0.165. The van der Waals surface area contributed by atoms with Crippen LogP contribution in [-0.2, 0) is 6.61 Å². The number of halogens is 2. The number of rotatable bonds is 4. The van der Waals surface area contributed by atoms with Gasteiger partial charge in [-0.05, 0) is 31.2 Å². The molecule has 2 aromatic rings. The molecule has 3 nitrogen and oxygen atoms in total. The van der Waals surface area contributed by atoms with Crippen molar-refractivity contribution in [2.75, 3.05) is 0 Å². The zero-order valence-electron chi connectivity index (χ0n) is 11.3. The zero-order valence-corrected chi connectivity index (χ0v) is 12.1. The average molecular weight is 306 g/mol. The van der Waals surface area contributed by atoms with Gasteiger partial charge in [0.2, 0.25) is 0 Å². The fourth-order valence-electron chi connectivity index (χ4n) is 1.83. The van der Waals surface area contributed by atoms with Gasteiger partial charge in [-0.15, -0.1) is 0 Å². The Hall–Kier alpha value is -2.09. The first-order chi connectivity index (χ1) is 10.0. The third-order valence-corrected chi connectivity index (χ3v) is 3.35. The van der Waals surface area contributed by atoms with Gasteiger partial charge < -0.3 is 9.84 Å². The lowest BCUT2D eigenvalue weighted by Crippen LogP contribution is -2.00. The zero-order chi connectivity index (χ0) is 15.4. The molecule has 21 heavy (non-hydrogen) atoms. The van der Waals surface area contributed by atoms with E-state index in [1.165, 1.54) is 19.1 Å². The molecule has 2 aromatic carbocycles. The van der Waals surface area contributed by atoms with Crippen molar-refractivity contribution in [1.82, 2.24) is 0 Å². The van der Waals surface area contributed by atoms with Gasteiger partial charge in [-0.3, -0.25) is 0 Å². The van der Waals surface area contributed by atoms with Gasteiger partial charge in [0.05, 0.1) is 17.7 Å². The highest BCUT2D eigenvalue weighted by Gasteiger charge is 2.09. The molecule has 0 aliphatic rings. The van der Waals surface area contributed by atoms with Crippen LogP contribution in [0.4, 0.5) is 4.39 Å². The van der Waals surface area contributed by atoms with Crippen molar-refractivity contribution in [3.05, 3.63) is 63.9 Å². The van der Waals surface area contributed by atoms with Gasteiger partial charge in [-0.25, -0.2) is 4.39 Å². The van der Waals surface area contributed by atoms with Crippen LogP contribution in [0.2, 0.25) is 5.02 Å². The molecule has 1 N–H and O–H groups in total. The third kappa shape index (κ3) is 3.72. The van der Waals surface area contributed by atoms with Crippen molar-refractivity contribution >= 4 is 11.6 Å². The number of hydrogen-bond acceptors (Lipinski definition) is 3. The highest BCUT2D eigenvalue weighted by Crippen LogP contribution is 2.24.